The predicted molar refractivity (Wildman–Crippen MR) is 111 cm³/mol. The van der Waals surface area contributed by atoms with E-state index < -0.39 is 23.8 Å². The summed E-state index contributed by atoms with van der Waals surface area (Å²) in [6.45, 7) is 0.190. The maximum Gasteiger partial charge on any atom is 0.422 e. The number of carbonyl (C=O) groups is 2. The summed E-state index contributed by atoms with van der Waals surface area (Å²) in [4.78, 5) is 28.8. The van der Waals surface area contributed by atoms with E-state index in [0.29, 0.717) is 63.8 Å². The topological polar surface area (TPSA) is 70.1 Å². The molecule has 3 fully saturated rings. The quantitative estimate of drug-likeness (QED) is 0.737. The molecule has 1 saturated carbocycles. The third-order valence-corrected chi connectivity index (χ3v) is 7.11. The third kappa shape index (κ3) is 4.87. The van der Waals surface area contributed by atoms with Gasteiger partial charge in [-0.25, -0.2) is 0 Å². The SMILES string of the molecule is O=C1CCCCN1C[C@]1(O)CC[C@]2(CCN(c3ccc(OCC(F)(F)F)cc3)C2=O)CC1. The molecule has 1 aromatic carbocycles. The molecule has 0 bridgehead atoms. The second-order valence-electron chi connectivity index (χ2n) is 9.38. The van der Waals surface area contributed by atoms with Crippen LogP contribution < -0.4 is 9.64 Å². The van der Waals surface area contributed by atoms with Gasteiger partial charge < -0.3 is 19.6 Å². The average Bonchev–Trinajstić information content (AvgIpc) is 3.07. The largest absolute Gasteiger partial charge is 0.484 e. The van der Waals surface area contributed by atoms with Crippen molar-refractivity contribution in [1.29, 1.82) is 0 Å². The minimum Gasteiger partial charge on any atom is -0.484 e. The zero-order valence-corrected chi connectivity index (χ0v) is 18.0. The Balaban J connectivity index is 1.36. The fourth-order valence-corrected chi connectivity index (χ4v) is 5.15. The van der Waals surface area contributed by atoms with Crippen LogP contribution in [-0.2, 0) is 9.59 Å². The summed E-state index contributed by atoms with van der Waals surface area (Å²) < 4.78 is 41.7. The Morgan fingerprint density at radius 2 is 1.66 bits per heavy atom. The van der Waals surface area contributed by atoms with Gasteiger partial charge in [-0.1, -0.05) is 0 Å². The number of hydrogen-bond acceptors (Lipinski definition) is 4. The number of alkyl halides is 3. The van der Waals surface area contributed by atoms with Crippen LogP contribution in [0, 0.1) is 5.41 Å². The lowest BCUT2D eigenvalue weighted by Crippen LogP contribution is -2.51. The summed E-state index contributed by atoms with van der Waals surface area (Å²) in [6.07, 6.45) is 0.739. The van der Waals surface area contributed by atoms with Gasteiger partial charge in [0.1, 0.15) is 5.75 Å². The number of halogens is 3. The highest BCUT2D eigenvalue weighted by atomic mass is 19.4. The van der Waals surface area contributed by atoms with Gasteiger partial charge in [-0.2, -0.15) is 13.2 Å². The lowest BCUT2D eigenvalue weighted by Gasteiger charge is -2.43. The number of likely N-dealkylation sites (tertiary alicyclic amines) is 1. The molecule has 176 valence electrons. The first kappa shape index (κ1) is 22.9. The van der Waals surface area contributed by atoms with Gasteiger partial charge in [0.05, 0.1) is 11.0 Å². The number of ether oxygens (including phenoxy) is 1. The van der Waals surface area contributed by atoms with Crippen LogP contribution in [0.5, 0.6) is 5.75 Å². The number of anilines is 1. The van der Waals surface area contributed by atoms with Crippen LogP contribution in [0.2, 0.25) is 0 Å². The van der Waals surface area contributed by atoms with Crippen molar-refractivity contribution >= 4 is 17.5 Å². The summed E-state index contributed by atoms with van der Waals surface area (Å²) in [7, 11) is 0. The Labute approximate surface area is 185 Å². The van der Waals surface area contributed by atoms with Gasteiger partial charge >= 0.3 is 6.18 Å². The molecule has 0 aromatic heterocycles. The van der Waals surface area contributed by atoms with Crippen molar-refractivity contribution in [3.05, 3.63) is 24.3 Å². The molecule has 2 aliphatic heterocycles. The van der Waals surface area contributed by atoms with Crippen LogP contribution in [0.3, 0.4) is 0 Å². The Kier molecular flexibility index (Phi) is 6.13. The molecule has 6 nitrogen and oxygen atoms in total. The Morgan fingerprint density at radius 3 is 2.28 bits per heavy atom. The first-order valence-corrected chi connectivity index (χ1v) is 11.2. The van der Waals surface area contributed by atoms with Gasteiger partial charge in [0, 0.05) is 31.7 Å². The summed E-state index contributed by atoms with van der Waals surface area (Å²) in [5.74, 6) is 0.190. The maximum absolute atomic E-state index is 13.3. The van der Waals surface area contributed by atoms with E-state index >= 15 is 0 Å². The molecule has 1 spiro atoms. The zero-order valence-electron chi connectivity index (χ0n) is 18.0. The molecule has 32 heavy (non-hydrogen) atoms. The Morgan fingerprint density at radius 1 is 0.969 bits per heavy atom. The normalized spacial score (nSPS) is 29.1. The van der Waals surface area contributed by atoms with Gasteiger partial charge in [0.25, 0.3) is 0 Å². The average molecular weight is 454 g/mol. The molecular formula is C23H29F3N2O4. The molecule has 0 unspecified atom stereocenters. The molecule has 3 aliphatic rings. The molecule has 1 aromatic rings. The Hall–Kier alpha value is -2.29. The standard InChI is InChI=1S/C23H29F3N2O4/c24-23(25,26)16-32-18-6-4-17(5-7-18)28-14-12-21(20(28)30)8-10-22(31,11-9-21)15-27-13-2-1-3-19(27)29/h4-7,31H,1-3,8-16H2/t21-,22+. The molecule has 1 aliphatic carbocycles. The van der Waals surface area contributed by atoms with Crippen LogP contribution in [0.1, 0.15) is 51.4 Å². The number of hydrogen-bond donors (Lipinski definition) is 1. The summed E-state index contributed by atoms with van der Waals surface area (Å²) >= 11 is 0. The number of nitrogens with zero attached hydrogens (tertiary/aromatic N) is 2. The smallest absolute Gasteiger partial charge is 0.422 e. The zero-order chi connectivity index (χ0) is 23.0. The highest BCUT2D eigenvalue weighted by Gasteiger charge is 2.52. The van der Waals surface area contributed by atoms with E-state index in [1.54, 1.807) is 21.9 Å². The third-order valence-electron chi connectivity index (χ3n) is 7.11. The van der Waals surface area contributed by atoms with E-state index in [-0.39, 0.29) is 17.6 Å². The van der Waals surface area contributed by atoms with E-state index in [1.807, 2.05) is 0 Å². The van der Waals surface area contributed by atoms with Crippen LogP contribution in [-0.4, -0.2) is 59.8 Å². The van der Waals surface area contributed by atoms with Crippen LogP contribution in [0.15, 0.2) is 24.3 Å². The van der Waals surface area contributed by atoms with Gasteiger partial charge in [-0.15, -0.1) is 0 Å². The fourth-order valence-electron chi connectivity index (χ4n) is 5.15. The molecule has 1 N–H and O–H groups in total. The summed E-state index contributed by atoms with van der Waals surface area (Å²) in [5, 5.41) is 11.1. The number of piperidine rings is 1. The summed E-state index contributed by atoms with van der Waals surface area (Å²) in [5.41, 5.74) is -0.849. The van der Waals surface area contributed by atoms with E-state index in [9.17, 15) is 27.9 Å². The molecule has 0 radical (unpaired) electrons. The number of carbonyl (C=O) groups excluding carboxylic acids is 2. The number of aliphatic hydroxyl groups is 1. The predicted octanol–water partition coefficient (Wildman–Crippen LogP) is 3.67. The monoisotopic (exact) mass is 454 g/mol. The van der Waals surface area contributed by atoms with Crippen molar-refractivity contribution in [2.24, 2.45) is 5.41 Å². The first-order chi connectivity index (χ1) is 15.1. The van der Waals surface area contributed by atoms with Crippen molar-refractivity contribution in [2.45, 2.75) is 63.1 Å². The molecule has 9 heteroatoms. The minimum atomic E-state index is -4.40. The molecule has 4 rings (SSSR count). The number of β-amino-alcohol motifs (C(OH)–C–C–N with tert-alkyl or cyclic N) is 1. The first-order valence-electron chi connectivity index (χ1n) is 11.2. The lowest BCUT2D eigenvalue weighted by molar-refractivity contribution is -0.153. The maximum atomic E-state index is 13.3. The van der Waals surface area contributed by atoms with Crippen molar-refractivity contribution < 1.29 is 32.6 Å². The number of rotatable bonds is 5. The highest BCUT2D eigenvalue weighted by Crippen LogP contribution is 2.49. The molecular weight excluding hydrogens is 425 g/mol. The lowest BCUT2D eigenvalue weighted by atomic mass is 9.67. The molecule has 2 heterocycles. The molecule has 2 saturated heterocycles. The Bertz CT molecular complexity index is 848. The van der Waals surface area contributed by atoms with Crippen LogP contribution in [0.4, 0.5) is 18.9 Å². The molecule has 0 atom stereocenters. The summed E-state index contributed by atoms with van der Waals surface area (Å²) in [6, 6.07) is 6.08. The van der Waals surface area contributed by atoms with Gasteiger partial charge in [0.15, 0.2) is 6.61 Å². The van der Waals surface area contributed by atoms with Crippen molar-refractivity contribution in [3.63, 3.8) is 0 Å². The van der Waals surface area contributed by atoms with Crippen molar-refractivity contribution in [1.82, 2.24) is 4.90 Å². The van der Waals surface area contributed by atoms with E-state index in [1.165, 1.54) is 12.1 Å². The second kappa shape index (κ2) is 8.57. The van der Waals surface area contributed by atoms with Crippen LogP contribution in [0.25, 0.3) is 0 Å². The van der Waals surface area contributed by atoms with E-state index in [0.717, 1.165) is 12.8 Å². The van der Waals surface area contributed by atoms with E-state index in [2.05, 4.69) is 0 Å². The highest BCUT2D eigenvalue weighted by molar-refractivity contribution is 6.00. The minimum absolute atomic E-state index is 0.00226. The van der Waals surface area contributed by atoms with Gasteiger partial charge in [-0.3, -0.25) is 9.59 Å². The van der Waals surface area contributed by atoms with Gasteiger partial charge in [-0.05, 0) is 69.2 Å². The second-order valence-corrected chi connectivity index (χ2v) is 9.38. The van der Waals surface area contributed by atoms with Gasteiger partial charge in [0.2, 0.25) is 11.8 Å². The van der Waals surface area contributed by atoms with Crippen molar-refractivity contribution in [2.75, 3.05) is 31.1 Å². The number of amides is 2. The van der Waals surface area contributed by atoms with E-state index in [4.69, 9.17) is 4.74 Å². The van der Waals surface area contributed by atoms with Crippen molar-refractivity contribution in [3.8, 4) is 5.75 Å². The number of benzene rings is 1. The molecule has 2 amide bonds. The van der Waals surface area contributed by atoms with Crippen LogP contribution >= 0.6 is 0 Å². The fraction of sp³-hybridized carbons (Fsp3) is 0.652.